The molecular weight excluding hydrogens is 206 g/mol. The highest BCUT2D eigenvalue weighted by atomic mass is 32.1. The van der Waals surface area contributed by atoms with E-state index in [1.165, 1.54) is 6.92 Å². The smallest absolute Gasteiger partial charge is 0.221 e. The first-order chi connectivity index (χ1) is 7.22. The number of hydrogen-bond donors (Lipinski definition) is 2. The average Bonchev–Trinajstić information content (AvgIpc) is 2.18. The second-order valence-electron chi connectivity index (χ2n) is 3.04. The second kappa shape index (κ2) is 6.15. The summed E-state index contributed by atoms with van der Waals surface area (Å²) in [5.74, 6) is 6.69. The molecule has 0 atom stereocenters. The lowest BCUT2D eigenvalue weighted by Crippen LogP contribution is -2.05. The van der Waals surface area contributed by atoms with Gasteiger partial charge in [-0.1, -0.05) is 17.9 Å². The summed E-state index contributed by atoms with van der Waals surface area (Å²) < 4.78 is 0. The molecule has 0 aliphatic heterocycles. The first kappa shape index (κ1) is 11.7. The fourth-order valence-corrected chi connectivity index (χ4v) is 1.21. The number of anilines is 1. The van der Waals surface area contributed by atoms with Gasteiger partial charge >= 0.3 is 0 Å². The van der Waals surface area contributed by atoms with Crippen LogP contribution in [-0.2, 0) is 4.79 Å². The van der Waals surface area contributed by atoms with Gasteiger partial charge in [-0.25, -0.2) is 0 Å². The second-order valence-corrected chi connectivity index (χ2v) is 3.48. The molecule has 78 valence electrons. The van der Waals surface area contributed by atoms with Gasteiger partial charge in [0.15, 0.2) is 0 Å². The Balaban J connectivity index is 2.75. The maximum atomic E-state index is 10.8. The van der Waals surface area contributed by atoms with Crippen LogP contribution in [0.4, 0.5) is 5.69 Å². The van der Waals surface area contributed by atoms with E-state index in [0.29, 0.717) is 0 Å². The molecule has 1 N–H and O–H groups in total. The summed E-state index contributed by atoms with van der Waals surface area (Å²) in [5.41, 5.74) is 1.68. The number of hydrogen-bond acceptors (Lipinski definition) is 2. The van der Waals surface area contributed by atoms with Crippen LogP contribution in [-0.4, -0.2) is 11.7 Å². The van der Waals surface area contributed by atoms with Crippen molar-refractivity contribution in [3.05, 3.63) is 29.8 Å². The Hall–Kier alpha value is -1.40. The average molecular weight is 219 g/mol. The first-order valence-electron chi connectivity index (χ1n) is 4.70. The van der Waals surface area contributed by atoms with E-state index >= 15 is 0 Å². The van der Waals surface area contributed by atoms with E-state index in [-0.39, 0.29) is 5.91 Å². The van der Waals surface area contributed by atoms with Crippen LogP contribution in [0.5, 0.6) is 0 Å². The molecule has 0 spiro atoms. The third-order valence-corrected chi connectivity index (χ3v) is 1.88. The van der Waals surface area contributed by atoms with Gasteiger partial charge in [0.05, 0.1) is 0 Å². The van der Waals surface area contributed by atoms with Crippen LogP contribution < -0.4 is 5.32 Å². The van der Waals surface area contributed by atoms with Crippen LogP contribution >= 0.6 is 12.6 Å². The van der Waals surface area contributed by atoms with E-state index in [1.807, 2.05) is 24.3 Å². The Morgan fingerprint density at radius 1 is 1.53 bits per heavy atom. The van der Waals surface area contributed by atoms with E-state index in [4.69, 9.17) is 0 Å². The number of thiol groups is 1. The van der Waals surface area contributed by atoms with Gasteiger partial charge in [-0.15, -0.1) is 0 Å². The van der Waals surface area contributed by atoms with Gasteiger partial charge in [0, 0.05) is 30.3 Å². The zero-order chi connectivity index (χ0) is 11.1. The van der Waals surface area contributed by atoms with Gasteiger partial charge in [-0.2, -0.15) is 12.6 Å². The minimum Gasteiger partial charge on any atom is -0.326 e. The summed E-state index contributed by atoms with van der Waals surface area (Å²) in [7, 11) is 0. The largest absolute Gasteiger partial charge is 0.326 e. The van der Waals surface area contributed by atoms with Gasteiger partial charge in [-0.05, 0) is 18.2 Å². The van der Waals surface area contributed by atoms with Crippen molar-refractivity contribution < 1.29 is 4.79 Å². The lowest BCUT2D eigenvalue weighted by molar-refractivity contribution is -0.114. The zero-order valence-electron chi connectivity index (χ0n) is 8.58. The van der Waals surface area contributed by atoms with Crippen LogP contribution in [0.1, 0.15) is 18.9 Å². The predicted octanol–water partition coefficient (Wildman–Crippen LogP) is 2.32. The van der Waals surface area contributed by atoms with Crippen molar-refractivity contribution in [1.29, 1.82) is 0 Å². The molecule has 0 unspecified atom stereocenters. The molecule has 1 aromatic rings. The summed E-state index contributed by atoms with van der Waals surface area (Å²) in [6.45, 7) is 1.49. The van der Waals surface area contributed by atoms with E-state index in [9.17, 15) is 4.79 Å². The molecule has 0 saturated carbocycles. The van der Waals surface area contributed by atoms with Crippen molar-refractivity contribution in [2.75, 3.05) is 11.1 Å². The molecule has 1 rings (SSSR count). The molecule has 0 saturated heterocycles. The summed E-state index contributed by atoms with van der Waals surface area (Å²) in [6, 6.07) is 7.48. The Morgan fingerprint density at radius 2 is 2.33 bits per heavy atom. The Bertz CT molecular complexity index is 404. The van der Waals surface area contributed by atoms with Crippen molar-refractivity contribution >= 4 is 24.2 Å². The van der Waals surface area contributed by atoms with Crippen LogP contribution in [0.25, 0.3) is 0 Å². The number of carbonyl (C=O) groups is 1. The minimum absolute atomic E-state index is 0.0736. The fourth-order valence-electron chi connectivity index (χ4n) is 1.10. The molecule has 2 nitrogen and oxygen atoms in total. The van der Waals surface area contributed by atoms with Crippen LogP contribution in [0.15, 0.2) is 24.3 Å². The minimum atomic E-state index is -0.0736. The SMILES string of the molecule is CC(=O)Nc1cccc(C#CCCS)c1. The number of amides is 1. The fraction of sp³-hybridized carbons (Fsp3) is 0.250. The monoisotopic (exact) mass is 219 g/mol. The van der Waals surface area contributed by atoms with E-state index < -0.39 is 0 Å². The number of benzene rings is 1. The highest BCUT2D eigenvalue weighted by Gasteiger charge is 1.94. The van der Waals surface area contributed by atoms with E-state index in [0.717, 1.165) is 23.4 Å². The highest BCUT2D eigenvalue weighted by Crippen LogP contribution is 2.09. The Labute approximate surface area is 95.5 Å². The molecule has 0 aromatic heterocycles. The topological polar surface area (TPSA) is 29.1 Å². The number of carbonyl (C=O) groups excluding carboxylic acids is 1. The van der Waals surface area contributed by atoms with Gasteiger partial charge in [0.25, 0.3) is 0 Å². The quantitative estimate of drug-likeness (QED) is 0.580. The van der Waals surface area contributed by atoms with Crippen molar-refractivity contribution in [3.8, 4) is 11.8 Å². The Morgan fingerprint density at radius 3 is 3.00 bits per heavy atom. The summed E-state index contributed by atoms with van der Waals surface area (Å²) in [6.07, 6.45) is 0.771. The molecule has 1 aromatic carbocycles. The van der Waals surface area contributed by atoms with Crippen LogP contribution in [0, 0.1) is 11.8 Å². The van der Waals surface area contributed by atoms with Gasteiger partial charge in [0.1, 0.15) is 0 Å². The van der Waals surface area contributed by atoms with E-state index in [2.05, 4.69) is 29.8 Å². The zero-order valence-corrected chi connectivity index (χ0v) is 9.47. The number of nitrogens with one attached hydrogen (secondary N) is 1. The third-order valence-electron chi connectivity index (χ3n) is 1.65. The molecule has 0 heterocycles. The molecule has 0 aliphatic rings. The van der Waals surface area contributed by atoms with Crippen molar-refractivity contribution in [3.63, 3.8) is 0 Å². The van der Waals surface area contributed by atoms with Crippen LogP contribution in [0.2, 0.25) is 0 Å². The molecule has 0 radical (unpaired) electrons. The maximum absolute atomic E-state index is 10.8. The summed E-state index contributed by atoms with van der Waals surface area (Å²) in [5, 5.41) is 2.71. The van der Waals surface area contributed by atoms with Gasteiger partial charge in [0.2, 0.25) is 5.91 Å². The first-order valence-corrected chi connectivity index (χ1v) is 5.33. The van der Waals surface area contributed by atoms with Crippen molar-refractivity contribution in [2.24, 2.45) is 0 Å². The van der Waals surface area contributed by atoms with Crippen LogP contribution in [0.3, 0.4) is 0 Å². The lowest BCUT2D eigenvalue weighted by Gasteiger charge is -2.01. The molecule has 0 aliphatic carbocycles. The summed E-state index contributed by atoms with van der Waals surface area (Å²) in [4.78, 5) is 10.8. The third kappa shape index (κ3) is 4.57. The maximum Gasteiger partial charge on any atom is 0.221 e. The molecule has 1 amide bonds. The Kier molecular flexibility index (Phi) is 4.79. The molecule has 15 heavy (non-hydrogen) atoms. The van der Waals surface area contributed by atoms with Gasteiger partial charge in [-0.3, -0.25) is 4.79 Å². The standard InChI is InChI=1S/C12H13NOS/c1-10(14)13-12-7-4-6-11(9-12)5-2-3-8-15/h4,6-7,9,15H,3,8H2,1H3,(H,13,14). The van der Waals surface area contributed by atoms with Crippen molar-refractivity contribution in [2.45, 2.75) is 13.3 Å². The van der Waals surface area contributed by atoms with Crippen molar-refractivity contribution in [1.82, 2.24) is 0 Å². The predicted molar refractivity (Wildman–Crippen MR) is 66.1 cm³/mol. The molecule has 0 bridgehead atoms. The normalized spacial score (nSPS) is 8.93. The lowest BCUT2D eigenvalue weighted by atomic mass is 10.2. The molecule has 3 heteroatoms. The molecular formula is C12H13NOS. The highest BCUT2D eigenvalue weighted by molar-refractivity contribution is 7.80. The summed E-state index contributed by atoms with van der Waals surface area (Å²) >= 11 is 4.07. The number of rotatable bonds is 2. The van der Waals surface area contributed by atoms with E-state index in [1.54, 1.807) is 0 Å². The van der Waals surface area contributed by atoms with Gasteiger partial charge < -0.3 is 5.32 Å². The molecule has 0 fully saturated rings.